The highest BCUT2D eigenvalue weighted by Crippen LogP contribution is 2.28. The van der Waals surface area contributed by atoms with Crippen molar-refractivity contribution in [3.8, 4) is 10.7 Å². The third kappa shape index (κ3) is 2.60. The first-order chi connectivity index (χ1) is 8.08. The highest BCUT2D eigenvalue weighted by atomic mass is 32.1. The summed E-state index contributed by atoms with van der Waals surface area (Å²) in [5.41, 5.74) is 1.29. The van der Waals surface area contributed by atoms with E-state index < -0.39 is 6.43 Å². The van der Waals surface area contributed by atoms with Crippen molar-refractivity contribution >= 4 is 11.3 Å². The molecule has 0 unspecified atom stereocenters. The lowest BCUT2D eigenvalue weighted by molar-refractivity contribution is 0.150. The highest BCUT2D eigenvalue weighted by molar-refractivity contribution is 7.14. The summed E-state index contributed by atoms with van der Waals surface area (Å²) in [6.45, 7) is 3.97. The highest BCUT2D eigenvalue weighted by Gasteiger charge is 2.16. The number of aromatic nitrogens is 4. The van der Waals surface area contributed by atoms with Gasteiger partial charge >= 0.3 is 0 Å². The maximum absolute atomic E-state index is 12.4. The number of rotatable bonds is 3. The van der Waals surface area contributed by atoms with Gasteiger partial charge in [-0.05, 0) is 5.92 Å². The fraction of sp³-hybridized carbons (Fsp3) is 0.400. The second kappa shape index (κ2) is 4.79. The van der Waals surface area contributed by atoms with E-state index in [-0.39, 0.29) is 10.9 Å². The molecule has 0 atom stereocenters. The number of halogens is 2. The summed E-state index contributed by atoms with van der Waals surface area (Å²) < 4.78 is 24.8. The predicted molar refractivity (Wildman–Crippen MR) is 60.0 cm³/mol. The molecule has 0 aliphatic rings. The second-order valence-electron chi connectivity index (χ2n) is 3.73. The zero-order valence-electron chi connectivity index (χ0n) is 9.26. The quantitative estimate of drug-likeness (QED) is 0.846. The van der Waals surface area contributed by atoms with Crippen LogP contribution in [-0.2, 0) is 0 Å². The van der Waals surface area contributed by atoms with Crippen molar-refractivity contribution in [2.24, 2.45) is 0 Å². The van der Waals surface area contributed by atoms with Gasteiger partial charge in [0, 0.05) is 6.20 Å². The largest absolute Gasteiger partial charge is 0.291 e. The van der Waals surface area contributed by atoms with Gasteiger partial charge in [0.05, 0.1) is 11.9 Å². The standard InChI is InChI=1S/C10H10F2N4S/c1-5(2)6-3-13-4-7(14-6)9-15-16-10(17-9)8(11)12/h3-5,8H,1-2H3. The van der Waals surface area contributed by atoms with E-state index in [0.29, 0.717) is 10.7 Å². The van der Waals surface area contributed by atoms with Crippen LogP contribution >= 0.6 is 11.3 Å². The summed E-state index contributed by atoms with van der Waals surface area (Å²) in [7, 11) is 0. The van der Waals surface area contributed by atoms with E-state index in [1.54, 1.807) is 6.20 Å². The first kappa shape index (κ1) is 12.0. The zero-order valence-corrected chi connectivity index (χ0v) is 10.1. The van der Waals surface area contributed by atoms with Crippen molar-refractivity contribution in [3.05, 3.63) is 23.1 Å². The van der Waals surface area contributed by atoms with Crippen LogP contribution in [0.25, 0.3) is 10.7 Å². The van der Waals surface area contributed by atoms with Crippen molar-refractivity contribution < 1.29 is 8.78 Å². The monoisotopic (exact) mass is 256 g/mol. The minimum Gasteiger partial charge on any atom is -0.260 e. The van der Waals surface area contributed by atoms with E-state index in [1.165, 1.54) is 6.20 Å². The maximum Gasteiger partial charge on any atom is 0.291 e. The van der Waals surface area contributed by atoms with Crippen LogP contribution < -0.4 is 0 Å². The molecule has 0 fully saturated rings. The van der Waals surface area contributed by atoms with Crippen molar-refractivity contribution in [2.75, 3.05) is 0 Å². The Labute approximate surface area is 101 Å². The van der Waals surface area contributed by atoms with Gasteiger partial charge in [-0.1, -0.05) is 25.2 Å². The van der Waals surface area contributed by atoms with Crippen LogP contribution in [0.4, 0.5) is 8.78 Å². The Morgan fingerprint density at radius 2 is 1.94 bits per heavy atom. The van der Waals surface area contributed by atoms with Crippen LogP contribution in [0.3, 0.4) is 0 Å². The molecular weight excluding hydrogens is 246 g/mol. The van der Waals surface area contributed by atoms with Gasteiger partial charge in [0.25, 0.3) is 6.43 Å². The van der Waals surface area contributed by atoms with Crippen molar-refractivity contribution in [3.63, 3.8) is 0 Å². The molecule has 0 amide bonds. The SMILES string of the molecule is CC(C)c1cncc(-c2nnc(C(F)F)s2)n1. The minimum absolute atomic E-state index is 0.227. The van der Waals surface area contributed by atoms with Gasteiger partial charge in [0.1, 0.15) is 5.69 Å². The van der Waals surface area contributed by atoms with Crippen LogP contribution in [0.1, 0.15) is 36.9 Å². The molecule has 0 saturated heterocycles. The first-order valence-corrected chi connectivity index (χ1v) is 5.83. The fourth-order valence-electron chi connectivity index (χ4n) is 1.19. The Morgan fingerprint density at radius 1 is 1.18 bits per heavy atom. The smallest absolute Gasteiger partial charge is 0.260 e. The molecule has 2 heterocycles. The van der Waals surface area contributed by atoms with Gasteiger partial charge < -0.3 is 0 Å². The van der Waals surface area contributed by atoms with E-state index in [4.69, 9.17) is 0 Å². The predicted octanol–water partition coefficient (Wildman–Crippen LogP) is 3.06. The summed E-state index contributed by atoms with van der Waals surface area (Å²) in [6.07, 6.45) is 0.563. The molecule has 0 aromatic carbocycles. The normalized spacial score (nSPS) is 11.4. The topological polar surface area (TPSA) is 51.6 Å². The molecule has 7 heteroatoms. The maximum atomic E-state index is 12.4. The molecule has 4 nitrogen and oxygen atoms in total. The molecule has 0 spiro atoms. The molecule has 0 bridgehead atoms. The molecule has 0 aliphatic heterocycles. The van der Waals surface area contributed by atoms with Crippen molar-refractivity contribution in [1.29, 1.82) is 0 Å². The van der Waals surface area contributed by atoms with E-state index in [2.05, 4.69) is 20.2 Å². The number of nitrogens with zero attached hydrogens (tertiary/aromatic N) is 4. The van der Waals surface area contributed by atoms with Gasteiger partial charge in [-0.3, -0.25) is 4.98 Å². The van der Waals surface area contributed by atoms with Crippen LogP contribution in [0.5, 0.6) is 0 Å². The number of hydrogen-bond acceptors (Lipinski definition) is 5. The number of hydrogen-bond donors (Lipinski definition) is 0. The Bertz CT molecular complexity index is 513. The first-order valence-electron chi connectivity index (χ1n) is 5.01. The average molecular weight is 256 g/mol. The van der Waals surface area contributed by atoms with Gasteiger partial charge in [0.2, 0.25) is 0 Å². The van der Waals surface area contributed by atoms with Gasteiger partial charge in [-0.25, -0.2) is 13.8 Å². The van der Waals surface area contributed by atoms with Gasteiger partial charge in [0.15, 0.2) is 10.0 Å². The molecule has 0 saturated carbocycles. The van der Waals surface area contributed by atoms with Crippen molar-refractivity contribution in [2.45, 2.75) is 26.2 Å². The second-order valence-corrected chi connectivity index (χ2v) is 4.74. The molecule has 90 valence electrons. The Hall–Kier alpha value is -1.50. The van der Waals surface area contributed by atoms with Gasteiger partial charge in [-0.2, -0.15) is 0 Å². The summed E-state index contributed by atoms with van der Waals surface area (Å²) in [5.74, 6) is 0.227. The molecule has 0 aliphatic carbocycles. The lowest BCUT2D eigenvalue weighted by Gasteiger charge is -2.03. The van der Waals surface area contributed by atoms with E-state index >= 15 is 0 Å². The Balaban J connectivity index is 2.35. The third-order valence-electron chi connectivity index (χ3n) is 2.09. The molecule has 2 aromatic rings. The minimum atomic E-state index is -2.59. The summed E-state index contributed by atoms with van der Waals surface area (Å²) >= 11 is 0.840. The fourth-order valence-corrected chi connectivity index (χ4v) is 1.84. The molecular formula is C10H10F2N4S. The summed E-state index contributed by atoms with van der Waals surface area (Å²) in [6, 6.07) is 0. The molecule has 2 aromatic heterocycles. The van der Waals surface area contributed by atoms with Crippen LogP contribution in [0, 0.1) is 0 Å². The van der Waals surface area contributed by atoms with E-state index in [9.17, 15) is 8.78 Å². The molecule has 0 radical (unpaired) electrons. The molecule has 0 N–H and O–H groups in total. The van der Waals surface area contributed by atoms with Crippen LogP contribution in [-0.4, -0.2) is 20.2 Å². The number of alkyl halides is 2. The summed E-state index contributed by atoms with van der Waals surface area (Å²) in [4.78, 5) is 8.34. The molecule has 17 heavy (non-hydrogen) atoms. The van der Waals surface area contributed by atoms with Crippen LogP contribution in [0.2, 0.25) is 0 Å². The Morgan fingerprint density at radius 3 is 2.53 bits per heavy atom. The average Bonchev–Trinajstić information content (AvgIpc) is 2.78. The zero-order chi connectivity index (χ0) is 12.4. The van der Waals surface area contributed by atoms with Crippen LogP contribution in [0.15, 0.2) is 12.4 Å². The lowest BCUT2D eigenvalue weighted by atomic mass is 10.1. The Kier molecular flexibility index (Phi) is 3.37. The van der Waals surface area contributed by atoms with Crippen molar-refractivity contribution in [1.82, 2.24) is 20.2 Å². The lowest BCUT2D eigenvalue weighted by Crippen LogP contribution is -1.95. The van der Waals surface area contributed by atoms with Gasteiger partial charge in [-0.15, -0.1) is 10.2 Å². The van der Waals surface area contributed by atoms with E-state index in [1.807, 2.05) is 13.8 Å². The van der Waals surface area contributed by atoms with E-state index in [0.717, 1.165) is 17.0 Å². The third-order valence-corrected chi connectivity index (χ3v) is 3.04. The molecule has 2 rings (SSSR count). The summed E-state index contributed by atoms with van der Waals surface area (Å²) in [5, 5.41) is 7.19.